The standard InChI is InChI=1S/C16H17F3N3/c1-10-8-11-6-4-5-7-12(11)13(10)22(3)15-14(16(17,18)19)20-9-21(15)2/h4-7,10,13H,8H2,1-3H3. The number of nitrogens with zero attached hydrogens (tertiary/aromatic N) is 3. The molecule has 0 N–H and O–H groups in total. The zero-order valence-electron chi connectivity index (χ0n) is 12.6. The molecule has 6 heteroatoms. The Morgan fingerprint density at radius 2 is 2.00 bits per heavy atom. The minimum atomic E-state index is -4.48. The van der Waals surface area contributed by atoms with Gasteiger partial charge in [-0.25, -0.2) is 4.98 Å². The normalized spacial score (nSPS) is 21.0. The summed E-state index contributed by atoms with van der Waals surface area (Å²) < 4.78 is 40.9. The van der Waals surface area contributed by atoms with Gasteiger partial charge in [0.25, 0.3) is 0 Å². The van der Waals surface area contributed by atoms with Crippen LogP contribution in [-0.4, -0.2) is 16.6 Å². The number of aromatic nitrogens is 2. The lowest BCUT2D eigenvalue weighted by Gasteiger charge is -2.31. The smallest absolute Gasteiger partial charge is 0.352 e. The van der Waals surface area contributed by atoms with E-state index in [4.69, 9.17) is 0 Å². The van der Waals surface area contributed by atoms with Gasteiger partial charge in [-0.2, -0.15) is 13.2 Å². The van der Waals surface area contributed by atoms with Crippen molar-refractivity contribution in [1.29, 1.82) is 0 Å². The summed E-state index contributed by atoms with van der Waals surface area (Å²) in [5.41, 5.74) is 1.41. The lowest BCUT2D eigenvalue weighted by Crippen LogP contribution is -2.30. The third-order valence-electron chi connectivity index (χ3n) is 4.32. The van der Waals surface area contributed by atoms with E-state index < -0.39 is 11.9 Å². The largest absolute Gasteiger partial charge is 0.437 e. The van der Waals surface area contributed by atoms with E-state index in [2.05, 4.69) is 18.2 Å². The Kier molecular flexibility index (Phi) is 3.42. The predicted octanol–water partition coefficient (Wildman–Crippen LogP) is 3.61. The molecule has 0 amide bonds. The number of alkyl halides is 3. The van der Waals surface area contributed by atoms with Crippen molar-refractivity contribution in [3.8, 4) is 0 Å². The van der Waals surface area contributed by atoms with Gasteiger partial charge in [0.05, 0.1) is 6.04 Å². The lowest BCUT2D eigenvalue weighted by atomic mass is 10.0. The molecular formula is C16H17F3N3. The molecule has 3 nitrogen and oxygen atoms in total. The van der Waals surface area contributed by atoms with Crippen LogP contribution in [0.4, 0.5) is 19.0 Å². The number of aryl methyl sites for hydroxylation is 1. The van der Waals surface area contributed by atoms with Gasteiger partial charge in [-0.1, -0.05) is 31.2 Å². The molecule has 2 aromatic rings. The van der Waals surface area contributed by atoms with Crippen molar-refractivity contribution < 1.29 is 13.2 Å². The Morgan fingerprint density at radius 1 is 1.32 bits per heavy atom. The third-order valence-corrected chi connectivity index (χ3v) is 4.32. The maximum absolute atomic E-state index is 13.2. The highest BCUT2D eigenvalue weighted by molar-refractivity contribution is 5.51. The maximum Gasteiger partial charge on any atom is 0.437 e. The fraction of sp³-hybridized carbons (Fsp3) is 0.438. The number of fused-ring (bicyclic) bond motifs is 1. The van der Waals surface area contributed by atoms with Crippen LogP contribution in [0.1, 0.15) is 29.8 Å². The van der Waals surface area contributed by atoms with E-state index >= 15 is 0 Å². The molecule has 0 fully saturated rings. The summed E-state index contributed by atoms with van der Waals surface area (Å²) in [4.78, 5) is 5.12. The summed E-state index contributed by atoms with van der Waals surface area (Å²) in [5.74, 6) is 0.291. The molecule has 0 aliphatic heterocycles. The first-order valence-electron chi connectivity index (χ1n) is 7.13. The first-order chi connectivity index (χ1) is 10.3. The summed E-state index contributed by atoms with van der Waals surface area (Å²) >= 11 is 0. The molecule has 0 saturated carbocycles. The topological polar surface area (TPSA) is 21.1 Å². The van der Waals surface area contributed by atoms with E-state index in [1.165, 1.54) is 10.1 Å². The minimum Gasteiger partial charge on any atom is -0.352 e. The predicted molar refractivity (Wildman–Crippen MR) is 77.5 cm³/mol. The molecule has 0 bridgehead atoms. The molecule has 0 saturated heterocycles. The number of benzene rings is 1. The molecule has 2 atom stereocenters. The van der Waals surface area contributed by atoms with E-state index in [9.17, 15) is 13.2 Å². The van der Waals surface area contributed by atoms with Crippen molar-refractivity contribution >= 4 is 5.82 Å². The average molecular weight is 308 g/mol. The molecule has 1 aromatic carbocycles. The molecule has 1 aromatic heterocycles. The van der Waals surface area contributed by atoms with Crippen LogP contribution in [0.3, 0.4) is 0 Å². The minimum absolute atomic E-state index is 0.0565. The quantitative estimate of drug-likeness (QED) is 0.845. The van der Waals surface area contributed by atoms with Crippen LogP contribution in [0.15, 0.2) is 24.3 Å². The van der Waals surface area contributed by atoms with E-state index in [0.717, 1.165) is 12.0 Å². The number of rotatable bonds is 2. The molecule has 3 rings (SSSR count). The summed E-state index contributed by atoms with van der Waals surface area (Å²) in [5, 5.41) is 0. The number of halogens is 3. The average Bonchev–Trinajstić information content (AvgIpc) is 2.97. The SMILES string of the molecule is CC1Cc2ccccc2C1N(C)c1c(C(F)(F)F)n[c]n1C. The Balaban J connectivity index is 2.06. The number of hydrogen-bond donors (Lipinski definition) is 0. The Labute approximate surface area is 127 Å². The van der Waals surface area contributed by atoms with E-state index in [-0.39, 0.29) is 17.8 Å². The molecule has 0 spiro atoms. The fourth-order valence-electron chi connectivity index (χ4n) is 3.47. The highest BCUT2D eigenvalue weighted by Crippen LogP contribution is 2.44. The van der Waals surface area contributed by atoms with E-state index in [0.29, 0.717) is 0 Å². The molecule has 1 aliphatic carbocycles. The zero-order valence-corrected chi connectivity index (χ0v) is 12.6. The second-order valence-electron chi connectivity index (χ2n) is 5.88. The fourth-order valence-corrected chi connectivity index (χ4v) is 3.47. The molecule has 117 valence electrons. The van der Waals surface area contributed by atoms with Gasteiger partial charge in [0.2, 0.25) is 0 Å². The highest BCUT2D eigenvalue weighted by Gasteiger charge is 2.41. The third kappa shape index (κ3) is 2.26. The van der Waals surface area contributed by atoms with Gasteiger partial charge in [-0.05, 0) is 23.5 Å². The number of anilines is 1. The summed E-state index contributed by atoms with van der Waals surface area (Å²) in [6.07, 6.45) is -1.22. The first-order valence-corrected chi connectivity index (χ1v) is 7.13. The summed E-state index contributed by atoms with van der Waals surface area (Å²) in [7, 11) is 3.24. The molecule has 1 heterocycles. The van der Waals surface area contributed by atoms with Gasteiger partial charge >= 0.3 is 6.18 Å². The van der Waals surface area contributed by atoms with Crippen LogP contribution < -0.4 is 4.90 Å². The van der Waals surface area contributed by atoms with Gasteiger partial charge < -0.3 is 9.47 Å². The van der Waals surface area contributed by atoms with Crippen molar-refractivity contribution in [2.24, 2.45) is 13.0 Å². The molecule has 1 aliphatic rings. The van der Waals surface area contributed by atoms with Gasteiger partial charge in [0, 0.05) is 14.1 Å². The number of imidazole rings is 1. The second-order valence-corrected chi connectivity index (χ2v) is 5.88. The van der Waals surface area contributed by atoms with Crippen LogP contribution >= 0.6 is 0 Å². The maximum atomic E-state index is 13.2. The van der Waals surface area contributed by atoms with Crippen LogP contribution in [0.2, 0.25) is 0 Å². The number of hydrogen-bond acceptors (Lipinski definition) is 2. The van der Waals surface area contributed by atoms with Crippen LogP contribution in [0.25, 0.3) is 0 Å². The highest BCUT2D eigenvalue weighted by atomic mass is 19.4. The van der Waals surface area contributed by atoms with Gasteiger partial charge in [0.1, 0.15) is 5.82 Å². The van der Waals surface area contributed by atoms with Crippen molar-refractivity contribution in [3.63, 3.8) is 0 Å². The molecule has 1 radical (unpaired) electrons. The second kappa shape index (κ2) is 5.04. The van der Waals surface area contributed by atoms with Crippen LogP contribution in [0, 0.1) is 12.2 Å². The molecule has 2 unspecified atom stereocenters. The monoisotopic (exact) mass is 308 g/mol. The van der Waals surface area contributed by atoms with Crippen molar-refractivity contribution in [1.82, 2.24) is 9.55 Å². The van der Waals surface area contributed by atoms with Crippen LogP contribution in [-0.2, 0) is 19.6 Å². The Hall–Kier alpha value is -1.98. The Morgan fingerprint density at radius 3 is 2.68 bits per heavy atom. The van der Waals surface area contributed by atoms with E-state index in [1.54, 1.807) is 19.0 Å². The summed E-state index contributed by atoms with van der Waals surface area (Å²) in [6, 6.07) is 7.83. The van der Waals surface area contributed by atoms with Crippen molar-refractivity contribution in [2.75, 3.05) is 11.9 Å². The zero-order chi connectivity index (χ0) is 16.1. The summed E-state index contributed by atoms with van der Waals surface area (Å²) in [6.45, 7) is 2.06. The van der Waals surface area contributed by atoms with Gasteiger partial charge in [0.15, 0.2) is 12.0 Å². The molecular weight excluding hydrogens is 291 g/mol. The Bertz CT molecular complexity index is 690. The molecule has 22 heavy (non-hydrogen) atoms. The van der Waals surface area contributed by atoms with Gasteiger partial charge in [-0.15, -0.1) is 0 Å². The van der Waals surface area contributed by atoms with E-state index in [1.807, 2.05) is 24.3 Å². The van der Waals surface area contributed by atoms with Crippen molar-refractivity contribution in [2.45, 2.75) is 25.6 Å². The van der Waals surface area contributed by atoms with Crippen LogP contribution in [0.5, 0.6) is 0 Å². The lowest BCUT2D eigenvalue weighted by molar-refractivity contribution is -0.140. The first kappa shape index (κ1) is 14.9. The van der Waals surface area contributed by atoms with Crippen molar-refractivity contribution in [3.05, 3.63) is 47.4 Å². The van der Waals surface area contributed by atoms with Gasteiger partial charge in [-0.3, -0.25) is 0 Å².